The third kappa shape index (κ3) is 3.17. The number of carbonyl (C=O) groups is 1. The van der Waals surface area contributed by atoms with Crippen LogP contribution < -0.4 is 0 Å². The van der Waals surface area contributed by atoms with Crippen LogP contribution in [0.15, 0.2) is 30.5 Å². The van der Waals surface area contributed by atoms with Crippen LogP contribution >= 0.6 is 0 Å². The van der Waals surface area contributed by atoms with Crippen LogP contribution in [0.3, 0.4) is 0 Å². The fraction of sp³-hybridized carbons (Fsp3) is 0.267. The van der Waals surface area contributed by atoms with E-state index < -0.39 is 5.97 Å². The third-order valence-electron chi connectivity index (χ3n) is 2.83. The minimum atomic E-state index is -0.442. The lowest BCUT2D eigenvalue weighted by molar-refractivity contribution is 0.0524. The zero-order chi connectivity index (χ0) is 14.5. The van der Waals surface area contributed by atoms with E-state index in [9.17, 15) is 9.18 Å². The molecule has 1 aromatic carbocycles. The summed E-state index contributed by atoms with van der Waals surface area (Å²) in [6.45, 7) is 3.74. The van der Waals surface area contributed by atoms with Gasteiger partial charge >= 0.3 is 5.97 Å². The minimum absolute atomic E-state index is 0.288. The molecule has 1 aromatic heterocycles. The summed E-state index contributed by atoms with van der Waals surface area (Å²) in [4.78, 5) is 20.0. The highest BCUT2D eigenvalue weighted by molar-refractivity contribution is 5.90. The van der Waals surface area contributed by atoms with Gasteiger partial charge in [-0.2, -0.15) is 0 Å². The molecule has 5 heteroatoms. The normalized spacial score (nSPS) is 10.3. The van der Waals surface area contributed by atoms with Crippen LogP contribution in [0.5, 0.6) is 0 Å². The van der Waals surface area contributed by atoms with Gasteiger partial charge in [-0.1, -0.05) is 18.2 Å². The molecule has 0 fully saturated rings. The lowest BCUT2D eigenvalue weighted by Gasteiger charge is -2.07. The van der Waals surface area contributed by atoms with Gasteiger partial charge in [-0.15, -0.1) is 0 Å². The Morgan fingerprint density at radius 1 is 1.35 bits per heavy atom. The molecule has 0 amide bonds. The smallest absolute Gasteiger partial charge is 0.341 e. The van der Waals surface area contributed by atoms with E-state index in [0.29, 0.717) is 29.3 Å². The quantitative estimate of drug-likeness (QED) is 0.804. The number of halogens is 1. The number of nitrogens with zero attached hydrogens (tertiary/aromatic N) is 2. The van der Waals surface area contributed by atoms with Crippen LogP contribution in [-0.4, -0.2) is 22.5 Å². The van der Waals surface area contributed by atoms with Crippen molar-refractivity contribution in [3.63, 3.8) is 0 Å². The molecule has 104 valence electrons. The number of aryl methyl sites for hydroxylation is 1. The van der Waals surface area contributed by atoms with E-state index >= 15 is 0 Å². The molecule has 1 heterocycles. The van der Waals surface area contributed by atoms with Crippen molar-refractivity contribution in [2.45, 2.75) is 20.3 Å². The molecule has 0 aliphatic heterocycles. The Balaban J connectivity index is 2.21. The summed E-state index contributed by atoms with van der Waals surface area (Å²) in [5, 5.41) is 0. The standard InChI is InChI=1S/C15H15FN2O2/c1-3-20-15(19)12-9-17-14(18-10(12)2)8-11-6-4-5-7-13(11)16/h4-7,9H,3,8H2,1-2H3. The zero-order valence-corrected chi connectivity index (χ0v) is 11.4. The van der Waals surface area contributed by atoms with Crippen molar-refractivity contribution < 1.29 is 13.9 Å². The highest BCUT2D eigenvalue weighted by Crippen LogP contribution is 2.12. The van der Waals surface area contributed by atoms with Crippen LogP contribution in [0.4, 0.5) is 4.39 Å². The molecular weight excluding hydrogens is 259 g/mol. The first-order chi connectivity index (χ1) is 9.61. The second-order valence-electron chi connectivity index (χ2n) is 4.27. The zero-order valence-electron chi connectivity index (χ0n) is 11.4. The average molecular weight is 274 g/mol. The predicted octanol–water partition coefficient (Wildman–Crippen LogP) is 2.69. The van der Waals surface area contributed by atoms with Gasteiger partial charge in [-0.3, -0.25) is 0 Å². The second-order valence-corrected chi connectivity index (χ2v) is 4.27. The van der Waals surface area contributed by atoms with E-state index in [1.165, 1.54) is 12.3 Å². The molecule has 0 saturated heterocycles. The van der Waals surface area contributed by atoms with Crippen LogP contribution in [0, 0.1) is 12.7 Å². The molecule has 0 unspecified atom stereocenters. The lowest BCUT2D eigenvalue weighted by Crippen LogP contribution is -2.10. The van der Waals surface area contributed by atoms with Crippen molar-refractivity contribution >= 4 is 5.97 Å². The topological polar surface area (TPSA) is 52.1 Å². The largest absolute Gasteiger partial charge is 0.462 e. The molecule has 0 radical (unpaired) electrons. The first kappa shape index (κ1) is 14.1. The molecule has 20 heavy (non-hydrogen) atoms. The summed E-state index contributed by atoms with van der Waals surface area (Å²) in [7, 11) is 0. The fourth-order valence-corrected chi connectivity index (χ4v) is 1.82. The Morgan fingerprint density at radius 3 is 2.75 bits per heavy atom. The van der Waals surface area contributed by atoms with Crippen LogP contribution in [0.2, 0.25) is 0 Å². The number of rotatable bonds is 4. The Morgan fingerprint density at radius 2 is 2.10 bits per heavy atom. The molecule has 2 rings (SSSR count). The van der Waals surface area contributed by atoms with Gasteiger partial charge in [0.15, 0.2) is 0 Å². The van der Waals surface area contributed by atoms with Gasteiger partial charge < -0.3 is 4.74 Å². The SMILES string of the molecule is CCOC(=O)c1cnc(Cc2ccccc2F)nc1C. The molecule has 0 N–H and O–H groups in total. The number of carbonyl (C=O) groups excluding carboxylic acids is 1. The van der Waals surface area contributed by atoms with Gasteiger partial charge in [0.1, 0.15) is 11.6 Å². The fourth-order valence-electron chi connectivity index (χ4n) is 1.82. The molecule has 0 spiro atoms. The number of benzene rings is 1. The monoisotopic (exact) mass is 274 g/mol. The summed E-state index contributed by atoms with van der Waals surface area (Å²) in [6, 6.07) is 6.48. The summed E-state index contributed by atoms with van der Waals surface area (Å²) in [5.74, 6) is -0.258. The van der Waals surface area contributed by atoms with Crippen LogP contribution in [-0.2, 0) is 11.2 Å². The molecule has 0 aliphatic carbocycles. The summed E-state index contributed by atoms with van der Waals surface area (Å²) in [6.07, 6.45) is 1.72. The molecule has 0 saturated carbocycles. The number of hydrogen-bond acceptors (Lipinski definition) is 4. The maximum Gasteiger partial charge on any atom is 0.341 e. The molecule has 4 nitrogen and oxygen atoms in total. The van der Waals surface area contributed by atoms with Crippen LogP contribution in [0.1, 0.15) is 34.4 Å². The van der Waals surface area contributed by atoms with Gasteiger partial charge in [0.05, 0.1) is 17.9 Å². The van der Waals surface area contributed by atoms with Gasteiger partial charge in [0.2, 0.25) is 0 Å². The Hall–Kier alpha value is -2.30. The van der Waals surface area contributed by atoms with Crippen molar-refractivity contribution in [1.82, 2.24) is 9.97 Å². The highest BCUT2D eigenvalue weighted by atomic mass is 19.1. The predicted molar refractivity (Wildman–Crippen MR) is 71.9 cm³/mol. The minimum Gasteiger partial charge on any atom is -0.462 e. The van der Waals surface area contributed by atoms with E-state index in [0.717, 1.165) is 0 Å². The molecular formula is C15H15FN2O2. The molecule has 2 aromatic rings. The molecule has 0 bridgehead atoms. The van der Waals surface area contributed by atoms with Crippen molar-refractivity contribution in [3.8, 4) is 0 Å². The lowest BCUT2D eigenvalue weighted by atomic mass is 10.1. The number of esters is 1. The highest BCUT2D eigenvalue weighted by Gasteiger charge is 2.13. The van der Waals surface area contributed by atoms with Gasteiger partial charge in [0, 0.05) is 12.6 Å². The van der Waals surface area contributed by atoms with Gasteiger partial charge in [0.25, 0.3) is 0 Å². The van der Waals surface area contributed by atoms with Crippen molar-refractivity contribution in [3.05, 3.63) is 58.9 Å². The first-order valence-corrected chi connectivity index (χ1v) is 6.35. The van der Waals surface area contributed by atoms with E-state index in [2.05, 4.69) is 9.97 Å². The van der Waals surface area contributed by atoms with E-state index in [1.54, 1.807) is 32.0 Å². The Bertz CT molecular complexity index is 629. The Labute approximate surface area is 116 Å². The number of ether oxygens (including phenoxy) is 1. The Kier molecular flexibility index (Phi) is 4.40. The van der Waals surface area contributed by atoms with E-state index in [4.69, 9.17) is 4.74 Å². The van der Waals surface area contributed by atoms with Crippen molar-refractivity contribution in [1.29, 1.82) is 0 Å². The van der Waals surface area contributed by atoms with Crippen LogP contribution in [0.25, 0.3) is 0 Å². The van der Waals surface area contributed by atoms with Gasteiger partial charge in [-0.05, 0) is 25.5 Å². The average Bonchev–Trinajstić information content (AvgIpc) is 2.42. The third-order valence-corrected chi connectivity index (χ3v) is 2.83. The van der Waals surface area contributed by atoms with Crippen molar-refractivity contribution in [2.24, 2.45) is 0 Å². The number of aromatic nitrogens is 2. The molecule has 0 aliphatic rings. The second kappa shape index (κ2) is 6.23. The van der Waals surface area contributed by atoms with E-state index in [-0.39, 0.29) is 12.2 Å². The van der Waals surface area contributed by atoms with Gasteiger partial charge in [-0.25, -0.2) is 19.2 Å². The maximum atomic E-state index is 13.6. The summed E-state index contributed by atoms with van der Waals surface area (Å²) < 4.78 is 18.5. The summed E-state index contributed by atoms with van der Waals surface area (Å²) in [5.41, 5.74) is 1.39. The van der Waals surface area contributed by atoms with Crippen molar-refractivity contribution in [2.75, 3.05) is 6.61 Å². The van der Waals surface area contributed by atoms with E-state index in [1.807, 2.05) is 0 Å². The first-order valence-electron chi connectivity index (χ1n) is 6.35. The number of hydrogen-bond donors (Lipinski definition) is 0. The molecule has 0 atom stereocenters. The summed E-state index contributed by atoms with van der Waals surface area (Å²) >= 11 is 0. The maximum absolute atomic E-state index is 13.6.